The molecule has 0 spiro atoms. The van der Waals surface area contributed by atoms with Gasteiger partial charge in [-0.1, -0.05) is 6.07 Å². The van der Waals surface area contributed by atoms with Crippen LogP contribution in [0.2, 0.25) is 0 Å². The smallest absolute Gasteiger partial charge is 0.224 e. The lowest BCUT2D eigenvalue weighted by atomic mass is 10.2. The van der Waals surface area contributed by atoms with E-state index in [2.05, 4.69) is 5.32 Å². The topological polar surface area (TPSA) is 64.3 Å². The van der Waals surface area contributed by atoms with E-state index < -0.39 is 0 Å². The molecule has 1 aromatic rings. The molecule has 0 saturated heterocycles. The van der Waals surface area contributed by atoms with Crippen LogP contribution in [0.1, 0.15) is 25.3 Å². The third kappa shape index (κ3) is 4.44. The summed E-state index contributed by atoms with van der Waals surface area (Å²) in [7, 11) is 0. The second-order valence-corrected chi connectivity index (χ2v) is 3.87. The fraction of sp³-hybridized carbons (Fsp3) is 0.462. The van der Waals surface area contributed by atoms with Crippen LogP contribution in [0.5, 0.6) is 5.75 Å². The Morgan fingerprint density at radius 2 is 2.24 bits per heavy atom. The Bertz CT molecular complexity index is 378. The molecule has 0 bridgehead atoms. The highest BCUT2D eigenvalue weighted by atomic mass is 16.5. The lowest BCUT2D eigenvalue weighted by Gasteiger charge is -2.12. The summed E-state index contributed by atoms with van der Waals surface area (Å²) in [5.41, 5.74) is 7.19. The normalized spacial score (nSPS) is 10.1. The molecule has 0 radical (unpaired) electrons. The number of ether oxygens (including phenoxy) is 1. The number of nitrogens with one attached hydrogen (secondary N) is 1. The third-order valence-electron chi connectivity index (χ3n) is 2.32. The van der Waals surface area contributed by atoms with Gasteiger partial charge in [0, 0.05) is 6.42 Å². The molecule has 1 rings (SSSR count). The molecule has 0 unspecified atom stereocenters. The molecule has 0 atom stereocenters. The van der Waals surface area contributed by atoms with E-state index in [0.717, 1.165) is 11.3 Å². The average Bonchev–Trinajstić information content (AvgIpc) is 2.30. The number of anilines is 1. The standard InChI is InChI=1S/C13H20N2O2/c1-3-17-12-9-10(2)6-7-11(12)15-13(16)5-4-8-14/h6-7,9H,3-5,8,14H2,1-2H3,(H,15,16). The van der Waals surface area contributed by atoms with E-state index in [1.54, 1.807) is 0 Å². The van der Waals surface area contributed by atoms with E-state index in [4.69, 9.17) is 10.5 Å². The molecule has 0 aliphatic heterocycles. The molecule has 94 valence electrons. The number of benzene rings is 1. The Hall–Kier alpha value is -1.55. The van der Waals surface area contributed by atoms with Crippen LogP contribution in [0.4, 0.5) is 5.69 Å². The van der Waals surface area contributed by atoms with Gasteiger partial charge < -0.3 is 15.8 Å². The van der Waals surface area contributed by atoms with Crippen LogP contribution in [0.3, 0.4) is 0 Å². The van der Waals surface area contributed by atoms with Crippen molar-refractivity contribution in [1.29, 1.82) is 0 Å². The van der Waals surface area contributed by atoms with Crippen LogP contribution >= 0.6 is 0 Å². The van der Waals surface area contributed by atoms with Crippen molar-refractivity contribution in [2.45, 2.75) is 26.7 Å². The molecule has 4 nitrogen and oxygen atoms in total. The average molecular weight is 236 g/mol. The van der Waals surface area contributed by atoms with Crippen molar-refractivity contribution in [2.75, 3.05) is 18.5 Å². The number of rotatable bonds is 6. The van der Waals surface area contributed by atoms with E-state index in [1.165, 1.54) is 0 Å². The van der Waals surface area contributed by atoms with Crippen molar-refractivity contribution in [3.05, 3.63) is 23.8 Å². The van der Waals surface area contributed by atoms with Gasteiger partial charge in [-0.3, -0.25) is 4.79 Å². The van der Waals surface area contributed by atoms with Gasteiger partial charge in [0.1, 0.15) is 5.75 Å². The number of aryl methyl sites for hydroxylation is 1. The molecular weight excluding hydrogens is 216 g/mol. The summed E-state index contributed by atoms with van der Waals surface area (Å²) >= 11 is 0. The minimum atomic E-state index is -0.0275. The van der Waals surface area contributed by atoms with E-state index in [0.29, 0.717) is 31.7 Å². The zero-order valence-electron chi connectivity index (χ0n) is 10.5. The Kier molecular flexibility index (Phi) is 5.49. The minimum absolute atomic E-state index is 0.0275. The fourth-order valence-corrected chi connectivity index (χ4v) is 1.48. The SMILES string of the molecule is CCOc1cc(C)ccc1NC(=O)CCCN. The highest BCUT2D eigenvalue weighted by Crippen LogP contribution is 2.25. The largest absolute Gasteiger partial charge is 0.492 e. The highest BCUT2D eigenvalue weighted by Gasteiger charge is 2.07. The first-order chi connectivity index (χ1) is 8.17. The summed E-state index contributed by atoms with van der Waals surface area (Å²) in [6.45, 7) is 5.01. The fourth-order valence-electron chi connectivity index (χ4n) is 1.48. The summed E-state index contributed by atoms with van der Waals surface area (Å²) in [5, 5.41) is 2.84. The molecule has 0 aromatic heterocycles. The minimum Gasteiger partial charge on any atom is -0.492 e. The summed E-state index contributed by atoms with van der Waals surface area (Å²) in [5.74, 6) is 0.689. The van der Waals surface area contributed by atoms with E-state index in [9.17, 15) is 4.79 Å². The van der Waals surface area contributed by atoms with Crippen molar-refractivity contribution in [3.63, 3.8) is 0 Å². The van der Waals surface area contributed by atoms with Gasteiger partial charge in [0.25, 0.3) is 0 Å². The van der Waals surface area contributed by atoms with Gasteiger partial charge in [-0.15, -0.1) is 0 Å². The second kappa shape index (κ2) is 6.91. The number of carbonyl (C=O) groups is 1. The number of nitrogens with two attached hydrogens (primary N) is 1. The molecule has 17 heavy (non-hydrogen) atoms. The van der Waals surface area contributed by atoms with Crippen LogP contribution in [0.15, 0.2) is 18.2 Å². The Balaban J connectivity index is 2.72. The first-order valence-electron chi connectivity index (χ1n) is 5.90. The van der Waals surface area contributed by atoms with Gasteiger partial charge in [-0.05, 0) is 44.5 Å². The number of hydrogen-bond donors (Lipinski definition) is 2. The maximum atomic E-state index is 11.6. The first-order valence-corrected chi connectivity index (χ1v) is 5.90. The van der Waals surface area contributed by atoms with Crippen molar-refractivity contribution in [3.8, 4) is 5.75 Å². The second-order valence-electron chi connectivity index (χ2n) is 3.87. The maximum Gasteiger partial charge on any atom is 0.224 e. The number of carbonyl (C=O) groups excluding carboxylic acids is 1. The predicted molar refractivity (Wildman–Crippen MR) is 69.3 cm³/mol. The van der Waals surface area contributed by atoms with Crippen LogP contribution in [-0.4, -0.2) is 19.1 Å². The van der Waals surface area contributed by atoms with Gasteiger partial charge in [0.05, 0.1) is 12.3 Å². The van der Waals surface area contributed by atoms with E-state index in [1.807, 2.05) is 32.0 Å². The van der Waals surface area contributed by atoms with Gasteiger partial charge in [-0.2, -0.15) is 0 Å². The quantitative estimate of drug-likeness (QED) is 0.794. The molecule has 0 saturated carbocycles. The molecule has 0 aliphatic carbocycles. The van der Waals surface area contributed by atoms with Gasteiger partial charge in [-0.25, -0.2) is 0 Å². The maximum absolute atomic E-state index is 11.6. The molecule has 0 aliphatic rings. The molecule has 1 amide bonds. The van der Waals surface area contributed by atoms with Crippen molar-refractivity contribution in [1.82, 2.24) is 0 Å². The zero-order chi connectivity index (χ0) is 12.7. The highest BCUT2D eigenvalue weighted by molar-refractivity contribution is 5.92. The summed E-state index contributed by atoms with van der Waals surface area (Å²) in [4.78, 5) is 11.6. The predicted octanol–water partition coefficient (Wildman–Crippen LogP) is 2.07. The van der Waals surface area contributed by atoms with Crippen molar-refractivity contribution < 1.29 is 9.53 Å². The van der Waals surface area contributed by atoms with Crippen LogP contribution in [0, 0.1) is 6.92 Å². The van der Waals surface area contributed by atoms with E-state index in [-0.39, 0.29) is 5.91 Å². The number of hydrogen-bond acceptors (Lipinski definition) is 3. The monoisotopic (exact) mass is 236 g/mol. The third-order valence-corrected chi connectivity index (χ3v) is 2.32. The molecule has 0 heterocycles. The molecule has 0 fully saturated rings. The van der Waals surface area contributed by atoms with Crippen molar-refractivity contribution >= 4 is 11.6 Å². The molecule has 4 heteroatoms. The molecular formula is C13H20N2O2. The Morgan fingerprint density at radius 1 is 1.47 bits per heavy atom. The summed E-state index contributed by atoms with van der Waals surface area (Å²) in [6, 6.07) is 5.73. The van der Waals surface area contributed by atoms with Gasteiger partial charge in [0.15, 0.2) is 0 Å². The summed E-state index contributed by atoms with van der Waals surface area (Å²) in [6.07, 6.45) is 1.14. The van der Waals surface area contributed by atoms with E-state index >= 15 is 0 Å². The lowest BCUT2D eigenvalue weighted by Crippen LogP contribution is -2.14. The van der Waals surface area contributed by atoms with Crippen LogP contribution in [0.25, 0.3) is 0 Å². The zero-order valence-corrected chi connectivity index (χ0v) is 10.5. The molecule has 1 aromatic carbocycles. The van der Waals surface area contributed by atoms with Gasteiger partial charge in [0.2, 0.25) is 5.91 Å². The Labute approximate surface area is 102 Å². The van der Waals surface area contributed by atoms with Crippen LogP contribution in [-0.2, 0) is 4.79 Å². The van der Waals surface area contributed by atoms with Crippen LogP contribution < -0.4 is 15.8 Å². The van der Waals surface area contributed by atoms with Gasteiger partial charge >= 0.3 is 0 Å². The molecule has 3 N–H and O–H groups in total. The number of amides is 1. The lowest BCUT2D eigenvalue weighted by molar-refractivity contribution is -0.116. The summed E-state index contributed by atoms with van der Waals surface area (Å²) < 4.78 is 5.48. The van der Waals surface area contributed by atoms with Crippen molar-refractivity contribution in [2.24, 2.45) is 5.73 Å². The Morgan fingerprint density at radius 3 is 2.88 bits per heavy atom. The first kappa shape index (κ1) is 13.5.